The van der Waals surface area contributed by atoms with Gasteiger partial charge >= 0.3 is 12.1 Å². The zero-order chi connectivity index (χ0) is 15.6. The molecule has 2 bridgehead atoms. The highest BCUT2D eigenvalue weighted by atomic mass is 16.7. The molecule has 0 aromatic carbocycles. The number of Topliss-reactive ketones (excluding diaryl/α,β-unsaturated/α-hetero) is 1. The van der Waals surface area contributed by atoms with Gasteiger partial charge in [-0.05, 0) is 0 Å². The van der Waals surface area contributed by atoms with E-state index in [1.807, 2.05) is 0 Å². The van der Waals surface area contributed by atoms with Gasteiger partial charge in [0.25, 0.3) is 0 Å². The molecule has 2 heterocycles. The summed E-state index contributed by atoms with van der Waals surface area (Å²) in [6.07, 6.45) is -1.59. The maximum Gasteiger partial charge on any atom is 0.410 e. The molecule has 2 rings (SSSR count). The van der Waals surface area contributed by atoms with Crippen LogP contribution in [0.4, 0.5) is 4.79 Å². The second-order valence-corrected chi connectivity index (χ2v) is 5.07. The van der Waals surface area contributed by atoms with Crippen LogP contribution in [-0.4, -0.2) is 68.0 Å². The molecule has 0 aliphatic carbocycles. The second kappa shape index (κ2) is 6.40. The third-order valence-corrected chi connectivity index (χ3v) is 3.74. The Morgan fingerprint density at radius 1 is 1.19 bits per heavy atom. The summed E-state index contributed by atoms with van der Waals surface area (Å²) in [5.74, 6) is -0.485. The molecule has 8 nitrogen and oxygen atoms in total. The molecule has 8 heteroatoms. The number of rotatable bonds is 4. The summed E-state index contributed by atoms with van der Waals surface area (Å²) < 4.78 is 20.5. The van der Waals surface area contributed by atoms with Crippen molar-refractivity contribution in [1.29, 1.82) is 0 Å². The Morgan fingerprint density at radius 3 is 2.33 bits per heavy atom. The molecule has 0 N–H and O–H groups in total. The number of ether oxygens (including phenoxy) is 4. The van der Waals surface area contributed by atoms with Crippen molar-refractivity contribution in [3.05, 3.63) is 0 Å². The highest BCUT2D eigenvalue weighted by molar-refractivity contribution is 5.84. The normalized spacial score (nSPS) is 31.2. The van der Waals surface area contributed by atoms with Crippen LogP contribution in [0, 0.1) is 0 Å². The minimum atomic E-state index is -0.701. The van der Waals surface area contributed by atoms with Gasteiger partial charge in [-0.25, -0.2) is 4.79 Å². The van der Waals surface area contributed by atoms with E-state index in [4.69, 9.17) is 18.9 Å². The van der Waals surface area contributed by atoms with Gasteiger partial charge in [0, 0.05) is 26.9 Å². The number of ketones is 1. The Labute approximate surface area is 122 Å². The van der Waals surface area contributed by atoms with Crippen LogP contribution in [0.15, 0.2) is 0 Å². The van der Waals surface area contributed by atoms with E-state index in [-0.39, 0.29) is 25.4 Å². The highest BCUT2D eigenvalue weighted by Crippen LogP contribution is 2.38. The van der Waals surface area contributed by atoms with Crippen molar-refractivity contribution in [2.75, 3.05) is 21.0 Å². The van der Waals surface area contributed by atoms with E-state index >= 15 is 0 Å². The standard InChI is InChI=1S/C13H19NO7/c1-7(15)21-12-10-5-8(16)4-9(11(12)20-6-18-2)14(10)13(17)19-3/h9-12H,4-6H2,1-3H3/t9-,10+,11-,12+/m0/s1. The first kappa shape index (κ1) is 15.7. The van der Waals surface area contributed by atoms with Crippen LogP contribution >= 0.6 is 0 Å². The first-order chi connectivity index (χ1) is 9.99. The molecule has 0 saturated carbocycles. The zero-order valence-electron chi connectivity index (χ0n) is 12.2. The van der Waals surface area contributed by atoms with E-state index in [0.29, 0.717) is 0 Å². The first-order valence-electron chi connectivity index (χ1n) is 6.65. The molecule has 0 radical (unpaired) electrons. The number of methoxy groups -OCH3 is 2. The SMILES string of the molecule is COCO[C@@H]1[C@H](OC(C)=O)[C@H]2CC(=O)C[C@@H]1N2C(=O)OC. The van der Waals surface area contributed by atoms with Gasteiger partial charge in [0.2, 0.25) is 0 Å². The molecule has 2 aliphatic heterocycles. The van der Waals surface area contributed by atoms with Crippen LogP contribution in [-0.2, 0) is 28.5 Å². The van der Waals surface area contributed by atoms with Crippen LogP contribution in [0.5, 0.6) is 0 Å². The molecule has 2 fully saturated rings. The molecular formula is C13H19NO7. The monoisotopic (exact) mass is 301 g/mol. The summed E-state index contributed by atoms with van der Waals surface area (Å²) in [7, 11) is 2.73. The number of carbonyl (C=O) groups is 3. The van der Waals surface area contributed by atoms with Gasteiger partial charge in [-0.3, -0.25) is 14.5 Å². The molecular weight excluding hydrogens is 282 g/mol. The lowest BCUT2D eigenvalue weighted by Crippen LogP contribution is -2.49. The number of carbonyl (C=O) groups excluding carboxylic acids is 3. The Hall–Kier alpha value is -1.67. The van der Waals surface area contributed by atoms with Crippen molar-refractivity contribution >= 4 is 17.8 Å². The van der Waals surface area contributed by atoms with Crippen molar-refractivity contribution < 1.29 is 33.3 Å². The summed E-state index contributed by atoms with van der Waals surface area (Å²) in [4.78, 5) is 36.5. The summed E-state index contributed by atoms with van der Waals surface area (Å²) in [5, 5.41) is 0. The van der Waals surface area contributed by atoms with Gasteiger partial charge in [0.05, 0.1) is 19.2 Å². The minimum absolute atomic E-state index is 0.00539. The van der Waals surface area contributed by atoms with E-state index < -0.39 is 36.4 Å². The van der Waals surface area contributed by atoms with Gasteiger partial charge in [-0.15, -0.1) is 0 Å². The quantitative estimate of drug-likeness (QED) is 0.536. The predicted octanol–water partition coefficient (Wildman–Crippen LogP) is 0.0893. The van der Waals surface area contributed by atoms with Gasteiger partial charge in [0.15, 0.2) is 6.10 Å². The highest BCUT2D eigenvalue weighted by Gasteiger charge is 2.57. The van der Waals surface area contributed by atoms with Crippen molar-refractivity contribution in [3.8, 4) is 0 Å². The van der Waals surface area contributed by atoms with E-state index in [9.17, 15) is 14.4 Å². The van der Waals surface area contributed by atoms with Crippen molar-refractivity contribution in [1.82, 2.24) is 4.90 Å². The predicted molar refractivity (Wildman–Crippen MR) is 68.4 cm³/mol. The third-order valence-electron chi connectivity index (χ3n) is 3.74. The van der Waals surface area contributed by atoms with Gasteiger partial charge in [0.1, 0.15) is 18.7 Å². The molecule has 0 spiro atoms. The number of nitrogens with zero attached hydrogens (tertiary/aromatic N) is 1. The Bertz CT molecular complexity index is 438. The fourth-order valence-corrected chi connectivity index (χ4v) is 3.05. The average molecular weight is 301 g/mol. The lowest BCUT2D eigenvalue weighted by atomic mass is 10.0. The van der Waals surface area contributed by atoms with Gasteiger partial charge in [-0.2, -0.15) is 0 Å². The fourth-order valence-electron chi connectivity index (χ4n) is 3.05. The summed E-state index contributed by atoms with van der Waals surface area (Å²) >= 11 is 0. The molecule has 21 heavy (non-hydrogen) atoms. The molecule has 118 valence electrons. The zero-order valence-corrected chi connectivity index (χ0v) is 12.2. The van der Waals surface area contributed by atoms with Gasteiger partial charge in [-0.1, -0.05) is 0 Å². The molecule has 4 atom stereocenters. The first-order valence-corrected chi connectivity index (χ1v) is 6.65. The summed E-state index contributed by atoms with van der Waals surface area (Å²) in [6.45, 7) is 1.26. The maximum absolute atomic E-state index is 12.0. The molecule has 0 unspecified atom stereocenters. The minimum Gasteiger partial charge on any atom is -0.457 e. The molecule has 2 aliphatic rings. The van der Waals surface area contributed by atoms with E-state index in [1.165, 1.54) is 26.0 Å². The third kappa shape index (κ3) is 3.01. The number of fused-ring (bicyclic) bond motifs is 2. The number of amides is 1. The van der Waals surface area contributed by atoms with Gasteiger partial charge < -0.3 is 18.9 Å². The van der Waals surface area contributed by atoms with Crippen LogP contribution < -0.4 is 0 Å². The summed E-state index contributed by atoms with van der Waals surface area (Å²) in [6, 6.07) is -1.07. The Kier molecular flexibility index (Phi) is 4.79. The second-order valence-electron chi connectivity index (χ2n) is 5.07. The van der Waals surface area contributed by atoms with E-state index in [2.05, 4.69) is 0 Å². The largest absolute Gasteiger partial charge is 0.457 e. The van der Waals surface area contributed by atoms with Crippen molar-refractivity contribution in [2.45, 2.75) is 44.1 Å². The lowest BCUT2D eigenvalue weighted by Gasteiger charge is -2.32. The molecule has 0 aromatic heterocycles. The maximum atomic E-state index is 12.0. The van der Waals surface area contributed by atoms with Crippen LogP contribution in [0.2, 0.25) is 0 Å². The van der Waals surface area contributed by atoms with Crippen molar-refractivity contribution in [3.63, 3.8) is 0 Å². The average Bonchev–Trinajstić information content (AvgIpc) is 2.61. The van der Waals surface area contributed by atoms with Crippen LogP contribution in [0.25, 0.3) is 0 Å². The van der Waals surface area contributed by atoms with Crippen molar-refractivity contribution in [2.24, 2.45) is 0 Å². The number of esters is 1. The molecule has 2 saturated heterocycles. The lowest BCUT2D eigenvalue weighted by molar-refractivity contribution is -0.160. The molecule has 0 aromatic rings. The Morgan fingerprint density at radius 2 is 1.81 bits per heavy atom. The number of hydrogen-bond acceptors (Lipinski definition) is 7. The number of hydrogen-bond donors (Lipinski definition) is 0. The molecule has 1 amide bonds. The van der Waals surface area contributed by atoms with E-state index in [0.717, 1.165) is 0 Å². The van der Waals surface area contributed by atoms with Crippen LogP contribution in [0.1, 0.15) is 19.8 Å². The smallest absolute Gasteiger partial charge is 0.410 e. The van der Waals surface area contributed by atoms with E-state index in [1.54, 1.807) is 0 Å². The fraction of sp³-hybridized carbons (Fsp3) is 0.769. The summed E-state index contributed by atoms with van der Waals surface area (Å²) in [5.41, 5.74) is 0. The topological polar surface area (TPSA) is 91.4 Å². The van der Waals surface area contributed by atoms with Crippen LogP contribution in [0.3, 0.4) is 0 Å². The Balaban J connectivity index is 2.29. The number of piperidine rings is 1.